The highest BCUT2D eigenvalue weighted by Crippen LogP contribution is 2.37. The number of hydrogen-bond acceptors (Lipinski definition) is 6. The van der Waals surface area contributed by atoms with E-state index in [0.717, 1.165) is 18.2 Å². The lowest BCUT2D eigenvalue weighted by molar-refractivity contribution is 0.416. The first-order chi connectivity index (χ1) is 17.4. The quantitative estimate of drug-likeness (QED) is 0.331. The van der Waals surface area contributed by atoms with Crippen LogP contribution in [0.15, 0.2) is 90.3 Å². The molecule has 180 valence electrons. The van der Waals surface area contributed by atoms with Crippen LogP contribution < -0.4 is 9.46 Å². The second-order valence-electron chi connectivity index (χ2n) is 7.78. The van der Waals surface area contributed by atoms with Crippen molar-refractivity contribution in [1.29, 1.82) is 0 Å². The van der Waals surface area contributed by atoms with Gasteiger partial charge in [0.25, 0.3) is 10.0 Å². The molecule has 0 saturated heterocycles. The van der Waals surface area contributed by atoms with Crippen LogP contribution in [0.5, 0.6) is 5.75 Å². The highest BCUT2D eigenvalue weighted by atomic mass is 32.2. The molecule has 36 heavy (non-hydrogen) atoms. The Labute approximate surface area is 205 Å². The summed E-state index contributed by atoms with van der Waals surface area (Å²) in [6, 6.07) is 16.0. The number of fused-ring (bicyclic) bond motifs is 1. The van der Waals surface area contributed by atoms with Crippen molar-refractivity contribution in [2.24, 2.45) is 0 Å². The van der Waals surface area contributed by atoms with Crippen molar-refractivity contribution >= 4 is 26.6 Å². The molecule has 0 aliphatic rings. The van der Waals surface area contributed by atoms with Crippen LogP contribution in [-0.2, 0) is 10.0 Å². The number of sulfonamides is 1. The third-order valence-electron chi connectivity index (χ3n) is 5.56. The Kier molecular flexibility index (Phi) is 6.03. The van der Waals surface area contributed by atoms with Gasteiger partial charge in [-0.05, 0) is 65.5 Å². The van der Waals surface area contributed by atoms with Crippen LogP contribution in [0.4, 0.5) is 14.6 Å². The zero-order valence-corrected chi connectivity index (χ0v) is 19.6. The average molecular weight is 505 g/mol. The number of hydrogen-bond donors (Lipinski definition) is 1. The molecule has 0 unspecified atom stereocenters. The Hall–Kier alpha value is -4.44. The number of aromatic nitrogens is 3. The van der Waals surface area contributed by atoms with E-state index in [2.05, 4.69) is 19.7 Å². The number of pyridine rings is 1. The Morgan fingerprint density at radius 2 is 1.72 bits per heavy atom. The molecule has 2 aromatic heterocycles. The van der Waals surface area contributed by atoms with E-state index >= 15 is 0 Å². The Morgan fingerprint density at radius 1 is 0.861 bits per heavy atom. The second kappa shape index (κ2) is 9.31. The molecule has 1 N–H and O–H groups in total. The molecule has 0 spiro atoms. The maximum absolute atomic E-state index is 14.3. The molecule has 0 amide bonds. The van der Waals surface area contributed by atoms with Gasteiger partial charge in [0, 0.05) is 28.9 Å². The van der Waals surface area contributed by atoms with Gasteiger partial charge in [-0.15, -0.1) is 0 Å². The van der Waals surface area contributed by atoms with Gasteiger partial charge in [-0.1, -0.05) is 12.1 Å². The molecule has 3 aromatic carbocycles. The summed E-state index contributed by atoms with van der Waals surface area (Å²) in [5, 5.41) is 1.31. The van der Waals surface area contributed by atoms with Gasteiger partial charge in [0.2, 0.25) is 0 Å². The predicted octanol–water partition coefficient (Wildman–Crippen LogP) is 5.45. The van der Waals surface area contributed by atoms with Crippen molar-refractivity contribution in [3.63, 3.8) is 0 Å². The first kappa shape index (κ1) is 23.3. The van der Waals surface area contributed by atoms with Crippen molar-refractivity contribution in [2.45, 2.75) is 4.90 Å². The Morgan fingerprint density at radius 3 is 2.50 bits per heavy atom. The van der Waals surface area contributed by atoms with Crippen LogP contribution in [0.25, 0.3) is 33.2 Å². The summed E-state index contributed by atoms with van der Waals surface area (Å²) in [7, 11) is -2.42. The molecule has 0 atom stereocenters. The summed E-state index contributed by atoms with van der Waals surface area (Å²) in [5.74, 6) is -0.553. The molecule has 0 aliphatic heterocycles. The van der Waals surface area contributed by atoms with Gasteiger partial charge < -0.3 is 4.74 Å². The number of methoxy groups -OCH3 is 1. The summed E-state index contributed by atoms with van der Waals surface area (Å²) < 4.78 is 61.7. The standard InChI is InChI=1S/C26H18F2N4O3S/c1-35-24-13-16(22-14-18(27)3-7-23(22)28)2-5-21(24)26-20-6-4-19(12-17(20)8-11-30-26)36(33,34)32-25-9-10-29-15-31-25/h2-15H,1H3,(H,29,31,32). The zero-order valence-electron chi connectivity index (χ0n) is 18.8. The topological polar surface area (TPSA) is 94.1 Å². The number of nitrogens with zero attached hydrogens (tertiary/aromatic N) is 3. The molecule has 0 saturated carbocycles. The first-order valence-electron chi connectivity index (χ1n) is 10.7. The van der Waals surface area contributed by atoms with E-state index in [-0.39, 0.29) is 16.3 Å². The molecule has 0 aliphatic carbocycles. The van der Waals surface area contributed by atoms with E-state index < -0.39 is 21.7 Å². The fourth-order valence-corrected chi connectivity index (χ4v) is 4.90. The highest BCUT2D eigenvalue weighted by Gasteiger charge is 2.18. The van der Waals surface area contributed by atoms with Crippen molar-refractivity contribution < 1.29 is 21.9 Å². The summed E-state index contributed by atoms with van der Waals surface area (Å²) >= 11 is 0. The Balaban J connectivity index is 1.56. The molecule has 0 radical (unpaired) electrons. The number of halogens is 2. The van der Waals surface area contributed by atoms with Gasteiger partial charge in [-0.25, -0.2) is 27.2 Å². The maximum atomic E-state index is 14.3. The van der Waals surface area contributed by atoms with Crippen molar-refractivity contribution in [3.05, 3.63) is 97.1 Å². The monoisotopic (exact) mass is 504 g/mol. The lowest BCUT2D eigenvalue weighted by Crippen LogP contribution is -2.13. The molecular formula is C26H18F2N4O3S. The number of ether oxygens (including phenoxy) is 1. The molecule has 5 rings (SSSR count). The van der Waals surface area contributed by atoms with E-state index in [9.17, 15) is 17.2 Å². The van der Waals surface area contributed by atoms with E-state index in [4.69, 9.17) is 4.74 Å². The molecule has 5 aromatic rings. The lowest BCUT2D eigenvalue weighted by atomic mass is 9.98. The van der Waals surface area contributed by atoms with E-state index in [1.54, 1.807) is 36.5 Å². The average Bonchev–Trinajstić information content (AvgIpc) is 2.89. The summed E-state index contributed by atoms with van der Waals surface area (Å²) in [6.07, 6.45) is 4.24. The number of rotatable bonds is 6. The maximum Gasteiger partial charge on any atom is 0.263 e. The SMILES string of the molecule is COc1cc(-c2cc(F)ccc2F)ccc1-c1nccc2cc(S(=O)(=O)Nc3ccncn3)ccc12. The number of nitrogens with one attached hydrogen (secondary N) is 1. The summed E-state index contributed by atoms with van der Waals surface area (Å²) in [4.78, 5) is 12.2. The van der Waals surface area contributed by atoms with Crippen LogP contribution in [0.1, 0.15) is 0 Å². The summed E-state index contributed by atoms with van der Waals surface area (Å²) in [6.45, 7) is 0. The van der Waals surface area contributed by atoms with Gasteiger partial charge in [-0.3, -0.25) is 9.71 Å². The Bertz CT molecular complexity index is 1700. The highest BCUT2D eigenvalue weighted by molar-refractivity contribution is 7.92. The lowest BCUT2D eigenvalue weighted by Gasteiger charge is -2.14. The minimum absolute atomic E-state index is 0.0506. The van der Waals surface area contributed by atoms with Crippen molar-refractivity contribution in [2.75, 3.05) is 11.8 Å². The van der Waals surface area contributed by atoms with Crippen LogP contribution in [-0.4, -0.2) is 30.5 Å². The smallest absolute Gasteiger partial charge is 0.263 e. The molecule has 0 bridgehead atoms. The molecule has 0 fully saturated rings. The summed E-state index contributed by atoms with van der Waals surface area (Å²) in [5.41, 5.74) is 1.70. The molecular weight excluding hydrogens is 486 g/mol. The fraction of sp³-hybridized carbons (Fsp3) is 0.0385. The van der Waals surface area contributed by atoms with Gasteiger partial charge in [-0.2, -0.15) is 0 Å². The largest absolute Gasteiger partial charge is 0.496 e. The minimum atomic E-state index is -3.89. The van der Waals surface area contributed by atoms with Crippen molar-refractivity contribution in [3.8, 4) is 28.1 Å². The first-order valence-corrected chi connectivity index (χ1v) is 12.2. The van der Waals surface area contributed by atoms with Crippen LogP contribution >= 0.6 is 0 Å². The van der Waals surface area contributed by atoms with Gasteiger partial charge in [0.05, 0.1) is 17.7 Å². The molecule has 2 heterocycles. The molecule has 7 nitrogen and oxygen atoms in total. The van der Waals surface area contributed by atoms with Gasteiger partial charge >= 0.3 is 0 Å². The third kappa shape index (κ3) is 4.46. The van der Waals surface area contributed by atoms with Gasteiger partial charge in [0.15, 0.2) is 0 Å². The fourth-order valence-electron chi connectivity index (χ4n) is 3.86. The van der Waals surface area contributed by atoms with Crippen molar-refractivity contribution in [1.82, 2.24) is 15.0 Å². The number of benzene rings is 3. The second-order valence-corrected chi connectivity index (χ2v) is 9.46. The van der Waals surface area contributed by atoms with Crippen LogP contribution in [0, 0.1) is 11.6 Å². The minimum Gasteiger partial charge on any atom is -0.496 e. The van der Waals surface area contributed by atoms with Crippen LogP contribution in [0.3, 0.4) is 0 Å². The van der Waals surface area contributed by atoms with E-state index in [0.29, 0.717) is 33.3 Å². The van der Waals surface area contributed by atoms with Crippen LogP contribution in [0.2, 0.25) is 0 Å². The van der Waals surface area contributed by atoms with E-state index in [1.807, 2.05) is 0 Å². The van der Waals surface area contributed by atoms with Gasteiger partial charge in [0.1, 0.15) is 29.5 Å². The zero-order chi connectivity index (χ0) is 25.3. The predicted molar refractivity (Wildman–Crippen MR) is 132 cm³/mol. The third-order valence-corrected chi connectivity index (χ3v) is 6.92. The normalized spacial score (nSPS) is 11.4. The van der Waals surface area contributed by atoms with E-state index in [1.165, 1.54) is 37.8 Å². The number of anilines is 1. The molecule has 10 heteroatoms.